The lowest BCUT2D eigenvalue weighted by atomic mass is 9.70. The van der Waals surface area contributed by atoms with E-state index in [2.05, 4.69) is 29.4 Å². The molecule has 0 saturated carbocycles. The van der Waals surface area contributed by atoms with Gasteiger partial charge in [-0.3, -0.25) is 4.79 Å². The number of carbonyl (C=O) groups excluding carboxylic acids is 1. The van der Waals surface area contributed by atoms with Crippen molar-refractivity contribution in [3.63, 3.8) is 0 Å². The van der Waals surface area contributed by atoms with Gasteiger partial charge in [0.1, 0.15) is 5.82 Å². The SMILES string of the molecule is C=CC[C@]1(c2ccc(F)cc2)CCN([C@H](C)c2ccc(Br)cc2)C(=O)C1. The molecule has 1 heterocycles. The maximum atomic E-state index is 13.3. The highest BCUT2D eigenvalue weighted by Crippen LogP contribution is 2.41. The van der Waals surface area contributed by atoms with E-state index in [0.717, 1.165) is 22.0 Å². The number of halogens is 2. The van der Waals surface area contributed by atoms with Crippen LogP contribution in [-0.4, -0.2) is 17.4 Å². The molecule has 0 bridgehead atoms. The molecule has 0 aliphatic carbocycles. The number of hydrogen-bond acceptors (Lipinski definition) is 1. The van der Waals surface area contributed by atoms with E-state index >= 15 is 0 Å². The third kappa shape index (κ3) is 3.75. The standard InChI is InChI=1S/C22H23BrFNO/c1-3-12-22(18-6-10-20(24)11-7-18)13-14-25(21(26)15-22)16(2)17-4-8-19(23)9-5-17/h3-11,16H,1,12-15H2,2H3/t16-,22+/m1/s1. The summed E-state index contributed by atoms with van der Waals surface area (Å²) in [5, 5.41) is 0. The Morgan fingerprint density at radius 1 is 1.23 bits per heavy atom. The highest BCUT2D eigenvalue weighted by molar-refractivity contribution is 9.10. The minimum atomic E-state index is -0.289. The normalized spacial score (nSPS) is 21.5. The molecule has 0 unspecified atom stereocenters. The highest BCUT2D eigenvalue weighted by Gasteiger charge is 2.40. The predicted octanol–water partition coefficient (Wildman–Crippen LogP) is 5.79. The first-order chi connectivity index (χ1) is 12.4. The van der Waals surface area contributed by atoms with E-state index in [9.17, 15) is 9.18 Å². The van der Waals surface area contributed by atoms with Crippen molar-refractivity contribution in [2.75, 3.05) is 6.54 Å². The topological polar surface area (TPSA) is 20.3 Å². The molecule has 1 amide bonds. The number of carbonyl (C=O) groups is 1. The van der Waals surface area contributed by atoms with E-state index < -0.39 is 0 Å². The van der Waals surface area contributed by atoms with Crippen molar-refractivity contribution in [2.45, 2.75) is 37.6 Å². The van der Waals surface area contributed by atoms with E-state index in [-0.39, 0.29) is 23.2 Å². The number of allylic oxidation sites excluding steroid dienone is 1. The van der Waals surface area contributed by atoms with Gasteiger partial charge in [0.15, 0.2) is 0 Å². The minimum Gasteiger partial charge on any atom is -0.336 e. The van der Waals surface area contributed by atoms with Gasteiger partial charge in [0.05, 0.1) is 6.04 Å². The van der Waals surface area contributed by atoms with Gasteiger partial charge >= 0.3 is 0 Å². The van der Waals surface area contributed by atoms with Gasteiger partial charge in [0, 0.05) is 22.9 Å². The van der Waals surface area contributed by atoms with Gasteiger partial charge in [-0.1, -0.05) is 46.3 Å². The lowest BCUT2D eigenvalue weighted by molar-refractivity contribution is -0.138. The fourth-order valence-electron chi connectivity index (χ4n) is 3.89. The van der Waals surface area contributed by atoms with Crippen LogP contribution in [0.1, 0.15) is 43.4 Å². The maximum Gasteiger partial charge on any atom is 0.223 e. The summed E-state index contributed by atoms with van der Waals surface area (Å²) in [5.41, 5.74) is 1.85. The lowest BCUT2D eigenvalue weighted by Crippen LogP contribution is -2.47. The third-order valence-electron chi connectivity index (χ3n) is 5.45. The number of rotatable bonds is 5. The van der Waals surface area contributed by atoms with E-state index in [0.29, 0.717) is 19.4 Å². The van der Waals surface area contributed by atoms with Gasteiger partial charge in [-0.2, -0.15) is 0 Å². The van der Waals surface area contributed by atoms with Crippen molar-refractivity contribution >= 4 is 21.8 Å². The first-order valence-electron chi connectivity index (χ1n) is 8.87. The zero-order valence-electron chi connectivity index (χ0n) is 14.9. The second kappa shape index (κ2) is 7.75. The summed E-state index contributed by atoms with van der Waals surface area (Å²) >= 11 is 3.45. The van der Waals surface area contributed by atoms with Crippen LogP contribution in [0.25, 0.3) is 0 Å². The van der Waals surface area contributed by atoms with Gasteiger partial charge in [0.25, 0.3) is 0 Å². The van der Waals surface area contributed by atoms with Crippen LogP contribution >= 0.6 is 15.9 Å². The third-order valence-corrected chi connectivity index (χ3v) is 5.98. The molecular formula is C22H23BrFNO. The van der Waals surface area contributed by atoms with E-state index in [1.165, 1.54) is 12.1 Å². The van der Waals surface area contributed by atoms with Crippen LogP contribution in [0.4, 0.5) is 4.39 Å². The molecule has 1 fully saturated rings. The number of nitrogens with zero attached hydrogens (tertiary/aromatic N) is 1. The summed E-state index contributed by atoms with van der Waals surface area (Å²) < 4.78 is 14.4. The van der Waals surface area contributed by atoms with E-state index in [4.69, 9.17) is 0 Å². The van der Waals surface area contributed by atoms with Crippen LogP contribution in [0.15, 0.2) is 65.7 Å². The molecule has 2 aromatic carbocycles. The van der Waals surface area contributed by atoms with Crippen molar-refractivity contribution in [3.05, 3.63) is 82.6 Å². The molecule has 0 N–H and O–H groups in total. The molecule has 1 aliphatic heterocycles. The molecule has 2 aromatic rings. The van der Waals surface area contributed by atoms with Crippen LogP contribution in [0.2, 0.25) is 0 Å². The van der Waals surface area contributed by atoms with Gasteiger partial charge in [-0.05, 0) is 55.2 Å². The van der Waals surface area contributed by atoms with Crippen LogP contribution in [0.3, 0.4) is 0 Å². The monoisotopic (exact) mass is 415 g/mol. The molecule has 0 aromatic heterocycles. The fourth-order valence-corrected chi connectivity index (χ4v) is 4.15. The number of amides is 1. The number of likely N-dealkylation sites (tertiary alicyclic amines) is 1. The highest BCUT2D eigenvalue weighted by atomic mass is 79.9. The maximum absolute atomic E-state index is 13.3. The van der Waals surface area contributed by atoms with Gasteiger partial charge in [0.2, 0.25) is 5.91 Å². The van der Waals surface area contributed by atoms with Gasteiger partial charge in [-0.15, -0.1) is 6.58 Å². The molecule has 26 heavy (non-hydrogen) atoms. The zero-order valence-corrected chi connectivity index (χ0v) is 16.5. The van der Waals surface area contributed by atoms with Crippen LogP contribution in [0, 0.1) is 5.82 Å². The predicted molar refractivity (Wildman–Crippen MR) is 106 cm³/mol. The fraction of sp³-hybridized carbons (Fsp3) is 0.318. The largest absolute Gasteiger partial charge is 0.336 e. The summed E-state index contributed by atoms with van der Waals surface area (Å²) in [4.78, 5) is 15.0. The Hall–Kier alpha value is -1.94. The Labute approximate surface area is 162 Å². The van der Waals surface area contributed by atoms with E-state index in [1.54, 1.807) is 12.1 Å². The summed E-state index contributed by atoms with van der Waals surface area (Å²) in [6.45, 7) is 6.63. The molecule has 2 atom stereocenters. The Morgan fingerprint density at radius 3 is 2.46 bits per heavy atom. The van der Waals surface area contributed by atoms with Crippen LogP contribution in [-0.2, 0) is 10.2 Å². The summed E-state index contributed by atoms with van der Waals surface area (Å²) in [7, 11) is 0. The number of hydrogen-bond donors (Lipinski definition) is 0. The van der Waals surface area contributed by atoms with Gasteiger partial charge in [-0.25, -0.2) is 4.39 Å². The quantitative estimate of drug-likeness (QED) is 0.566. The van der Waals surface area contributed by atoms with Crippen molar-refractivity contribution in [1.82, 2.24) is 4.90 Å². The second-order valence-corrected chi connectivity index (χ2v) is 7.94. The van der Waals surface area contributed by atoms with Crippen LogP contribution < -0.4 is 0 Å². The smallest absolute Gasteiger partial charge is 0.223 e. The van der Waals surface area contributed by atoms with Gasteiger partial charge < -0.3 is 4.90 Å². The molecule has 3 rings (SSSR count). The summed E-state index contributed by atoms with van der Waals surface area (Å²) in [6.07, 6.45) is 3.85. The average Bonchev–Trinajstić information content (AvgIpc) is 2.63. The van der Waals surface area contributed by atoms with Crippen LogP contribution in [0.5, 0.6) is 0 Å². The summed E-state index contributed by atoms with van der Waals surface area (Å²) in [6, 6.07) is 14.7. The Morgan fingerprint density at radius 2 is 1.88 bits per heavy atom. The molecule has 4 heteroatoms. The molecule has 2 nitrogen and oxygen atoms in total. The number of piperidine rings is 1. The lowest BCUT2D eigenvalue weighted by Gasteiger charge is -2.43. The molecule has 0 spiro atoms. The first-order valence-corrected chi connectivity index (χ1v) is 9.66. The number of benzene rings is 2. The Kier molecular flexibility index (Phi) is 5.61. The second-order valence-electron chi connectivity index (χ2n) is 7.02. The summed E-state index contributed by atoms with van der Waals surface area (Å²) in [5.74, 6) is -0.118. The zero-order chi connectivity index (χ0) is 18.7. The Balaban J connectivity index is 1.83. The van der Waals surface area contributed by atoms with Crippen molar-refractivity contribution in [2.24, 2.45) is 0 Å². The minimum absolute atomic E-state index is 0.0329. The molecular weight excluding hydrogens is 393 g/mol. The first kappa shape index (κ1) is 18.8. The van der Waals surface area contributed by atoms with E-state index in [1.807, 2.05) is 35.2 Å². The molecule has 0 radical (unpaired) electrons. The van der Waals surface area contributed by atoms with Crippen molar-refractivity contribution < 1.29 is 9.18 Å². The molecule has 1 saturated heterocycles. The van der Waals surface area contributed by atoms with Crippen molar-refractivity contribution in [3.8, 4) is 0 Å². The Bertz CT molecular complexity index is 787. The van der Waals surface area contributed by atoms with Crippen molar-refractivity contribution in [1.29, 1.82) is 0 Å². The molecule has 136 valence electrons. The molecule has 1 aliphatic rings. The average molecular weight is 416 g/mol.